The van der Waals surface area contributed by atoms with Crippen LogP contribution in [0.3, 0.4) is 0 Å². The molecule has 5 rings (SSSR count). The number of nitrogens with zero attached hydrogens (tertiary/aromatic N) is 2. The number of rotatable bonds is 6. The molecule has 0 aliphatic heterocycles. The number of aryl methyl sites for hydroxylation is 3. The van der Waals surface area contributed by atoms with Crippen molar-refractivity contribution in [2.24, 2.45) is 5.92 Å². The molecule has 2 aliphatic carbocycles. The van der Waals surface area contributed by atoms with E-state index in [1.807, 2.05) is 0 Å². The standard InChI is InChI=1S/C27H31N3/c1-19-7-11-21(12-8-19)17-18-29-24-5-3-4-6-25(24)30(27(29)28)26(23-15-16-23)22-13-9-20(2)10-14-22/h5-14,23,26,28H,3-4,15-18H2,1-2H3. The number of fused-ring (bicyclic) bond motifs is 1. The number of benzene rings is 2. The van der Waals surface area contributed by atoms with Crippen LogP contribution >= 0.6 is 0 Å². The summed E-state index contributed by atoms with van der Waals surface area (Å²) in [7, 11) is 0. The van der Waals surface area contributed by atoms with Gasteiger partial charge in [-0.3, -0.25) is 5.41 Å². The van der Waals surface area contributed by atoms with E-state index in [4.69, 9.17) is 0 Å². The van der Waals surface area contributed by atoms with E-state index in [2.05, 4.69) is 83.7 Å². The van der Waals surface area contributed by atoms with Crippen molar-refractivity contribution in [3.63, 3.8) is 0 Å². The molecule has 0 radical (unpaired) electrons. The maximum Gasteiger partial charge on any atom is 0.203 e. The lowest BCUT2D eigenvalue weighted by molar-refractivity contribution is 0.471. The lowest BCUT2D eigenvalue weighted by atomic mass is 10.0. The predicted molar refractivity (Wildman–Crippen MR) is 123 cm³/mol. The fourth-order valence-electron chi connectivity index (χ4n) is 4.79. The van der Waals surface area contributed by atoms with Crippen LogP contribution in [0.5, 0.6) is 0 Å². The molecular formula is C27H31N3. The summed E-state index contributed by atoms with van der Waals surface area (Å²) in [5.74, 6) is 0.647. The monoisotopic (exact) mass is 397 g/mol. The van der Waals surface area contributed by atoms with Gasteiger partial charge in [0.05, 0.1) is 16.7 Å². The van der Waals surface area contributed by atoms with Crippen molar-refractivity contribution >= 4 is 12.2 Å². The summed E-state index contributed by atoms with van der Waals surface area (Å²) < 4.78 is 4.58. The Balaban J connectivity index is 1.58. The van der Waals surface area contributed by atoms with Crippen molar-refractivity contribution in [1.82, 2.24) is 9.13 Å². The van der Waals surface area contributed by atoms with Crippen LogP contribution in [0.4, 0.5) is 0 Å². The van der Waals surface area contributed by atoms with Crippen LogP contribution in [-0.4, -0.2) is 9.13 Å². The Hall–Kier alpha value is -2.81. The number of hydrogen-bond acceptors (Lipinski definition) is 1. The minimum Gasteiger partial charge on any atom is -0.310 e. The molecule has 30 heavy (non-hydrogen) atoms. The Bertz CT molecular complexity index is 1220. The highest BCUT2D eigenvalue weighted by Crippen LogP contribution is 2.42. The fraction of sp³-hybridized carbons (Fsp3) is 0.370. The zero-order valence-electron chi connectivity index (χ0n) is 18.1. The Labute approximate surface area is 178 Å². The first kappa shape index (κ1) is 19.2. The molecule has 0 bridgehead atoms. The molecule has 1 fully saturated rings. The van der Waals surface area contributed by atoms with Crippen molar-refractivity contribution in [3.8, 4) is 0 Å². The molecule has 2 aromatic carbocycles. The summed E-state index contributed by atoms with van der Waals surface area (Å²) in [4.78, 5) is 0. The average molecular weight is 398 g/mol. The zero-order chi connectivity index (χ0) is 20.7. The predicted octanol–water partition coefficient (Wildman–Crippen LogP) is 3.98. The summed E-state index contributed by atoms with van der Waals surface area (Å²) in [6.45, 7) is 5.13. The Morgan fingerprint density at radius 2 is 1.47 bits per heavy atom. The van der Waals surface area contributed by atoms with E-state index >= 15 is 0 Å². The molecule has 3 aromatic rings. The second kappa shape index (κ2) is 7.79. The van der Waals surface area contributed by atoms with Gasteiger partial charge >= 0.3 is 0 Å². The lowest BCUT2D eigenvalue weighted by Gasteiger charge is -2.20. The van der Waals surface area contributed by atoms with Crippen molar-refractivity contribution in [1.29, 1.82) is 5.41 Å². The lowest BCUT2D eigenvalue weighted by Crippen LogP contribution is -2.37. The molecule has 154 valence electrons. The highest BCUT2D eigenvalue weighted by Gasteiger charge is 2.35. The molecule has 1 saturated carbocycles. The molecule has 3 heteroatoms. The Kier molecular flexibility index (Phi) is 4.98. The average Bonchev–Trinajstić information content (AvgIpc) is 3.55. The van der Waals surface area contributed by atoms with Gasteiger partial charge in [0.1, 0.15) is 0 Å². The van der Waals surface area contributed by atoms with Crippen molar-refractivity contribution in [2.75, 3.05) is 0 Å². The normalized spacial score (nSPS) is 16.5. The molecule has 1 heterocycles. The van der Waals surface area contributed by atoms with E-state index in [1.165, 1.54) is 45.8 Å². The number of aromatic nitrogens is 2. The van der Waals surface area contributed by atoms with Crippen LogP contribution in [0.2, 0.25) is 0 Å². The van der Waals surface area contributed by atoms with Crippen molar-refractivity contribution in [2.45, 2.75) is 58.5 Å². The van der Waals surface area contributed by atoms with E-state index in [9.17, 15) is 5.41 Å². The molecule has 1 atom stereocenters. The van der Waals surface area contributed by atoms with E-state index in [0.717, 1.165) is 25.8 Å². The van der Waals surface area contributed by atoms with Crippen LogP contribution in [0.25, 0.3) is 12.2 Å². The summed E-state index contributed by atoms with van der Waals surface area (Å²) in [6, 6.07) is 18.1. The molecule has 0 amide bonds. The van der Waals surface area contributed by atoms with Gasteiger partial charge in [-0.15, -0.1) is 0 Å². The number of hydrogen-bond donors (Lipinski definition) is 1. The molecule has 3 nitrogen and oxygen atoms in total. The summed E-state index contributed by atoms with van der Waals surface area (Å²) >= 11 is 0. The SMILES string of the molecule is Cc1ccc(CCn2c3c(n(C(c4ccc(C)cc4)C4CC4)c2=N)=CCCC=3)cc1. The van der Waals surface area contributed by atoms with E-state index in [-0.39, 0.29) is 6.04 Å². The first-order chi connectivity index (χ1) is 14.6. The minimum absolute atomic E-state index is 0.273. The van der Waals surface area contributed by atoms with Crippen LogP contribution in [0.1, 0.15) is 54.0 Å². The number of imidazole rings is 1. The van der Waals surface area contributed by atoms with Gasteiger partial charge in [-0.25, -0.2) is 0 Å². The molecule has 1 N–H and O–H groups in total. The highest BCUT2D eigenvalue weighted by atomic mass is 15.2. The summed E-state index contributed by atoms with van der Waals surface area (Å²) in [5.41, 5.74) is 5.93. The first-order valence-electron chi connectivity index (χ1n) is 11.3. The third-order valence-electron chi connectivity index (χ3n) is 6.65. The molecule has 0 spiro atoms. The van der Waals surface area contributed by atoms with Gasteiger partial charge in [0.15, 0.2) is 0 Å². The van der Waals surface area contributed by atoms with Crippen molar-refractivity contribution in [3.05, 3.63) is 87.1 Å². The zero-order valence-corrected chi connectivity index (χ0v) is 18.1. The maximum atomic E-state index is 9.17. The summed E-state index contributed by atoms with van der Waals surface area (Å²) in [5, 5.41) is 11.7. The van der Waals surface area contributed by atoms with Crippen molar-refractivity contribution < 1.29 is 0 Å². The fourth-order valence-corrected chi connectivity index (χ4v) is 4.79. The van der Waals surface area contributed by atoms with Gasteiger partial charge < -0.3 is 9.13 Å². The molecular weight excluding hydrogens is 366 g/mol. The minimum atomic E-state index is 0.273. The quantitative estimate of drug-likeness (QED) is 0.653. The van der Waals surface area contributed by atoms with Gasteiger partial charge in [0, 0.05) is 6.54 Å². The Morgan fingerprint density at radius 3 is 2.10 bits per heavy atom. The number of nitrogens with one attached hydrogen (secondary N) is 1. The van der Waals surface area contributed by atoms with Crippen LogP contribution in [0, 0.1) is 25.2 Å². The second-order valence-electron chi connectivity index (χ2n) is 9.03. The van der Waals surface area contributed by atoms with Crippen LogP contribution in [0.15, 0.2) is 48.5 Å². The Morgan fingerprint density at radius 1 is 0.867 bits per heavy atom. The molecule has 2 aliphatic rings. The molecule has 1 unspecified atom stereocenters. The van der Waals surface area contributed by atoms with E-state index in [0.29, 0.717) is 11.5 Å². The van der Waals surface area contributed by atoms with Gasteiger partial charge in [-0.2, -0.15) is 0 Å². The largest absolute Gasteiger partial charge is 0.310 e. The third-order valence-corrected chi connectivity index (χ3v) is 6.65. The van der Waals surface area contributed by atoms with E-state index in [1.54, 1.807) is 0 Å². The second-order valence-corrected chi connectivity index (χ2v) is 9.03. The van der Waals surface area contributed by atoms with E-state index < -0.39 is 0 Å². The maximum absolute atomic E-state index is 9.17. The van der Waals surface area contributed by atoms with Gasteiger partial charge in [0.2, 0.25) is 5.62 Å². The van der Waals surface area contributed by atoms with Crippen LogP contribution in [-0.2, 0) is 13.0 Å². The summed E-state index contributed by atoms with van der Waals surface area (Å²) in [6.07, 6.45) is 10.3. The third kappa shape index (κ3) is 3.58. The van der Waals surface area contributed by atoms with Gasteiger partial charge in [0.25, 0.3) is 0 Å². The molecule has 0 saturated heterocycles. The van der Waals surface area contributed by atoms with Crippen LogP contribution < -0.4 is 16.3 Å². The topological polar surface area (TPSA) is 33.7 Å². The smallest absolute Gasteiger partial charge is 0.203 e. The first-order valence-corrected chi connectivity index (χ1v) is 11.3. The van der Waals surface area contributed by atoms with Gasteiger partial charge in [-0.1, -0.05) is 71.8 Å². The highest BCUT2D eigenvalue weighted by molar-refractivity contribution is 5.35. The molecule has 1 aromatic heterocycles. The van der Waals surface area contributed by atoms with Gasteiger partial charge in [-0.05, 0) is 63.0 Å².